The van der Waals surface area contributed by atoms with E-state index in [9.17, 15) is 17.6 Å². The minimum Gasteiger partial charge on any atom is -0.465 e. The van der Waals surface area contributed by atoms with Crippen molar-refractivity contribution in [3.05, 3.63) is 58.6 Å². The van der Waals surface area contributed by atoms with Crippen LogP contribution in [0.1, 0.15) is 32.3 Å². The van der Waals surface area contributed by atoms with E-state index in [1.165, 1.54) is 15.9 Å². The minimum atomic E-state index is -4.08. The van der Waals surface area contributed by atoms with Crippen molar-refractivity contribution in [2.75, 3.05) is 6.61 Å². The lowest BCUT2D eigenvalue weighted by Gasteiger charge is -2.07. The van der Waals surface area contributed by atoms with Crippen molar-refractivity contribution in [3.8, 4) is 0 Å². The average Bonchev–Trinajstić information content (AvgIpc) is 2.98. The number of nitrogens with zero attached hydrogens (tertiary/aromatic N) is 2. The fourth-order valence-electron chi connectivity index (χ4n) is 2.77. The monoisotopic (exact) mass is 436 g/mol. The number of benzene rings is 2. The van der Waals surface area contributed by atoms with E-state index < -0.39 is 21.8 Å². The highest BCUT2D eigenvalue weighted by molar-refractivity contribution is 7.90. The Kier molecular flexibility index (Phi) is 6.18. The fraction of sp³-hybridized carbons (Fsp3) is 0.300. The van der Waals surface area contributed by atoms with Gasteiger partial charge in [0, 0.05) is 0 Å². The number of ether oxygens (including phenoxy) is 1. The molecule has 0 amide bonds. The molecule has 1 heterocycles. The van der Waals surface area contributed by atoms with E-state index in [-0.39, 0.29) is 22.8 Å². The molecule has 0 N–H and O–H groups in total. The first-order chi connectivity index (χ1) is 13.7. The van der Waals surface area contributed by atoms with Crippen LogP contribution in [0.4, 0.5) is 4.39 Å². The molecule has 29 heavy (non-hydrogen) atoms. The highest BCUT2D eigenvalue weighted by Crippen LogP contribution is 2.24. The molecule has 9 heteroatoms. The maximum atomic E-state index is 13.1. The summed E-state index contributed by atoms with van der Waals surface area (Å²) in [6.07, 6.45) is 0. The van der Waals surface area contributed by atoms with Crippen LogP contribution in [0.3, 0.4) is 0 Å². The summed E-state index contributed by atoms with van der Waals surface area (Å²) in [6, 6.07) is 10.2. The largest absolute Gasteiger partial charge is 0.465 e. The molecular weight excluding hydrogens is 415 g/mol. The first kappa shape index (κ1) is 21.2. The van der Waals surface area contributed by atoms with Crippen molar-refractivity contribution in [2.24, 2.45) is 4.40 Å². The van der Waals surface area contributed by atoms with Crippen LogP contribution < -0.4 is 4.80 Å². The van der Waals surface area contributed by atoms with Gasteiger partial charge in [-0.05, 0) is 54.8 Å². The Morgan fingerprint density at radius 1 is 1.21 bits per heavy atom. The van der Waals surface area contributed by atoms with Crippen LogP contribution in [0.2, 0.25) is 0 Å². The van der Waals surface area contributed by atoms with Crippen LogP contribution in [0, 0.1) is 5.82 Å². The number of thiazole rings is 1. The molecule has 2 aromatic carbocycles. The zero-order chi connectivity index (χ0) is 21.2. The standard InChI is InChI=1S/C20H21FN2O4S2/c1-4-27-19(24)12-23-17-10-5-14(13(2)3)11-18(17)28-20(23)22-29(25,26)16-8-6-15(21)7-9-16/h5-11,13H,4,12H2,1-3H3. The molecule has 3 rings (SSSR count). The molecule has 0 bridgehead atoms. The molecule has 0 unspecified atom stereocenters. The molecule has 0 aliphatic heterocycles. The Morgan fingerprint density at radius 3 is 2.52 bits per heavy atom. The van der Waals surface area contributed by atoms with E-state index in [1.54, 1.807) is 6.92 Å². The molecule has 1 aromatic heterocycles. The van der Waals surface area contributed by atoms with E-state index in [0.29, 0.717) is 11.4 Å². The summed E-state index contributed by atoms with van der Waals surface area (Å²) in [7, 11) is -4.08. The van der Waals surface area contributed by atoms with Gasteiger partial charge in [-0.1, -0.05) is 31.3 Å². The quantitative estimate of drug-likeness (QED) is 0.551. The van der Waals surface area contributed by atoms with Crippen LogP contribution in [0.15, 0.2) is 51.8 Å². The molecule has 0 fully saturated rings. The number of sulfonamides is 1. The molecular formula is C20H21FN2O4S2. The van der Waals surface area contributed by atoms with Crippen LogP contribution >= 0.6 is 11.3 Å². The third-order valence-corrected chi connectivity index (χ3v) is 6.71. The van der Waals surface area contributed by atoms with Crippen LogP contribution in [-0.4, -0.2) is 25.6 Å². The Morgan fingerprint density at radius 2 is 1.90 bits per heavy atom. The maximum Gasteiger partial charge on any atom is 0.326 e. The van der Waals surface area contributed by atoms with Gasteiger partial charge < -0.3 is 9.30 Å². The number of carbonyl (C=O) groups excluding carboxylic acids is 1. The van der Waals surface area contributed by atoms with Crippen molar-refractivity contribution in [3.63, 3.8) is 0 Å². The van der Waals surface area contributed by atoms with Crippen molar-refractivity contribution in [1.29, 1.82) is 0 Å². The number of carbonyl (C=O) groups is 1. The van der Waals surface area contributed by atoms with Crippen molar-refractivity contribution in [1.82, 2.24) is 4.57 Å². The number of hydrogen-bond acceptors (Lipinski definition) is 5. The van der Waals surface area contributed by atoms with Gasteiger partial charge in [0.15, 0.2) is 0 Å². The van der Waals surface area contributed by atoms with Crippen molar-refractivity contribution in [2.45, 2.75) is 38.1 Å². The van der Waals surface area contributed by atoms with Gasteiger partial charge in [-0.2, -0.15) is 8.42 Å². The second kappa shape index (κ2) is 8.46. The van der Waals surface area contributed by atoms with Gasteiger partial charge in [0.25, 0.3) is 10.0 Å². The van der Waals surface area contributed by atoms with Gasteiger partial charge in [-0.25, -0.2) is 4.39 Å². The van der Waals surface area contributed by atoms with Crippen LogP contribution in [0.25, 0.3) is 10.2 Å². The average molecular weight is 437 g/mol. The van der Waals surface area contributed by atoms with Gasteiger partial charge in [0.1, 0.15) is 12.4 Å². The second-order valence-electron chi connectivity index (χ2n) is 6.68. The predicted molar refractivity (Wildman–Crippen MR) is 110 cm³/mol. The summed E-state index contributed by atoms with van der Waals surface area (Å²) >= 11 is 1.18. The topological polar surface area (TPSA) is 77.7 Å². The number of esters is 1. The highest BCUT2D eigenvalue weighted by Gasteiger charge is 2.17. The molecule has 0 aliphatic rings. The summed E-state index contributed by atoms with van der Waals surface area (Å²) in [5.74, 6) is -0.728. The van der Waals surface area contributed by atoms with Crippen LogP contribution in [-0.2, 0) is 26.1 Å². The Hall–Kier alpha value is -2.52. The van der Waals surface area contributed by atoms with Gasteiger partial charge >= 0.3 is 5.97 Å². The van der Waals surface area contributed by atoms with E-state index in [4.69, 9.17) is 4.74 Å². The summed E-state index contributed by atoms with van der Waals surface area (Å²) in [6.45, 7) is 5.89. The van der Waals surface area contributed by atoms with E-state index in [0.717, 1.165) is 34.5 Å². The molecule has 0 atom stereocenters. The predicted octanol–water partition coefficient (Wildman–Crippen LogP) is 3.82. The SMILES string of the molecule is CCOC(=O)Cn1c(=NS(=O)(=O)c2ccc(F)cc2)sc2cc(C(C)C)ccc21. The van der Waals surface area contributed by atoms with Gasteiger partial charge in [0.05, 0.1) is 21.7 Å². The zero-order valence-electron chi connectivity index (χ0n) is 16.3. The van der Waals surface area contributed by atoms with Gasteiger partial charge in [-0.3, -0.25) is 4.79 Å². The highest BCUT2D eigenvalue weighted by atomic mass is 32.2. The van der Waals surface area contributed by atoms with Crippen molar-refractivity contribution < 1.29 is 22.3 Å². The molecule has 3 aromatic rings. The Balaban J connectivity index is 2.19. The third-order valence-electron chi connectivity index (χ3n) is 4.28. The molecule has 0 spiro atoms. The Bertz CT molecular complexity index is 1210. The summed E-state index contributed by atoms with van der Waals surface area (Å²) in [4.78, 5) is 12.1. The molecule has 0 radical (unpaired) electrons. The lowest BCUT2D eigenvalue weighted by molar-refractivity contribution is -0.143. The zero-order valence-corrected chi connectivity index (χ0v) is 17.9. The van der Waals surface area contributed by atoms with Crippen LogP contribution in [0.5, 0.6) is 0 Å². The normalized spacial score (nSPS) is 12.7. The third kappa shape index (κ3) is 4.73. The van der Waals surface area contributed by atoms with Gasteiger partial charge in [0.2, 0.25) is 4.80 Å². The number of aromatic nitrogens is 1. The maximum absolute atomic E-state index is 13.1. The lowest BCUT2D eigenvalue weighted by Crippen LogP contribution is -2.23. The lowest BCUT2D eigenvalue weighted by atomic mass is 10.0. The Labute approximate surface area is 172 Å². The summed E-state index contributed by atoms with van der Waals surface area (Å²) < 4.78 is 49.9. The molecule has 0 aliphatic carbocycles. The van der Waals surface area contributed by atoms with Crippen molar-refractivity contribution >= 4 is 37.5 Å². The van der Waals surface area contributed by atoms with E-state index in [1.807, 2.05) is 18.2 Å². The van der Waals surface area contributed by atoms with E-state index >= 15 is 0 Å². The minimum absolute atomic E-state index is 0.123. The molecule has 0 saturated heterocycles. The molecule has 0 saturated carbocycles. The number of fused-ring (bicyclic) bond motifs is 1. The summed E-state index contributed by atoms with van der Waals surface area (Å²) in [5.41, 5.74) is 1.79. The number of hydrogen-bond donors (Lipinski definition) is 0. The first-order valence-electron chi connectivity index (χ1n) is 9.06. The van der Waals surface area contributed by atoms with Gasteiger partial charge in [-0.15, -0.1) is 4.40 Å². The molecule has 154 valence electrons. The summed E-state index contributed by atoms with van der Waals surface area (Å²) in [5, 5.41) is 0. The molecule has 6 nitrogen and oxygen atoms in total. The second-order valence-corrected chi connectivity index (χ2v) is 9.29. The first-order valence-corrected chi connectivity index (χ1v) is 11.3. The smallest absolute Gasteiger partial charge is 0.326 e. The fourth-order valence-corrected chi connectivity index (χ4v) is 5.05. The number of halogens is 1. The number of rotatable bonds is 6. The van der Waals surface area contributed by atoms with E-state index in [2.05, 4.69) is 18.2 Å².